The molecule has 4 nitrogen and oxygen atoms in total. The van der Waals surface area contributed by atoms with Crippen LogP contribution in [0, 0.1) is 11.8 Å². The Kier molecular flexibility index (Phi) is 4.11. The van der Waals surface area contributed by atoms with Gasteiger partial charge in [0.2, 0.25) is 0 Å². The van der Waals surface area contributed by atoms with Crippen molar-refractivity contribution in [3.63, 3.8) is 0 Å². The minimum absolute atomic E-state index is 0.140. The summed E-state index contributed by atoms with van der Waals surface area (Å²) in [6, 6.07) is 0. The summed E-state index contributed by atoms with van der Waals surface area (Å²) in [6.07, 6.45) is 0.900. The number of esters is 1. The van der Waals surface area contributed by atoms with Crippen molar-refractivity contribution in [2.75, 3.05) is 19.8 Å². The van der Waals surface area contributed by atoms with Crippen LogP contribution in [0.1, 0.15) is 27.2 Å². The molecule has 0 aromatic carbocycles. The lowest BCUT2D eigenvalue weighted by molar-refractivity contribution is -0.170. The van der Waals surface area contributed by atoms with E-state index in [1.165, 1.54) is 6.92 Å². The Morgan fingerprint density at radius 3 is 2.87 bits per heavy atom. The van der Waals surface area contributed by atoms with Crippen LogP contribution in [0.3, 0.4) is 0 Å². The Hall–Kier alpha value is -0.610. The third kappa shape index (κ3) is 2.69. The second kappa shape index (κ2) is 4.94. The molecule has 15 heavy (non-hydrogen) atoms. The minimum Gasteiger partial charge on any atom is -0.464 e. The zero-order chi connectivity index (χ0) is 11.5. The number of hydrogen-bond acceptors (Lipinski definition) is 4. The van der Waals surface area contributed by atoms with Gasteiger partial charge in [-0.05, 0) is 26.2 Å². The second-order valence-electron chi connectivity index (χ2n) is 4.28. The first-order valence-corrected chi connectivity index (χ1v) is 5.47. The second-order valence-corrected chi connectivity index (χ2v) is 4.28. The lowest BCUT2D eigenvalue weighted by Gasteiger charge is -2.31. The number of aliphatic hydroxyl groups is 1. The fourth-order valence-corrected chi connectivity index (χ4v) is 1.87. The van der Waals surface area contributed by atoms with Crippen LogP contribution in [0.15, 0.2) is 0 Å². The molecule has 1 rings (SSSR count). The number of carbonyl (C=O) groups excluding carboxylic acids is 1. The summed E-state index contributed by atoms with van der Waals surface area (Å²) in [6.45, 7) is 6.76. The van der Waals surface area contributed by atoms with Crippen molar-refractivity contribution in [2.24, 2.45) is 11.8 Å². The van der Waals surface area contributed by atoms with Crippen molar-refractivity contribution < 1.29 is 19.4 Å². The van der Waals surface area contributed by atoms with Crippen molar-refractivity contribution in [3.8, 4) is 0 Å². The quantitative estimate of drug-likeness (QED) is 0.711. The highest BCUT2D eigenvalue weighted by Gasteiger charge is 2.42. The maximum Gasteiger partial charge on any atom is 0.338 e. The molecule has 1 aliphatic heterocycles. The molecule has 1 heterocycles. The highest BCUT2D eigenvalue weighted by molar-refractivity contribution is 5.79. The van der Waals surface area contributed by atoms with Crippen LogP contribution in [0.25, 0.3) is 0 Å². The van der Waals surface area contributed by atoms with E-state index >= 15 is 0 Å². The van der Waals surface area contributed by atoms with E-state index in [2.05, 4.69) is 0 Å². The number of hydrogen-bond donors (Lipinski definition) is 1. The zero-order valence-corrected chi connectivity index (χ0v) is 9.66. The average Bonchev–Trinajstić information content (AvgIpc) is 2.69. The standard InChI is InChI=1S/C11H20O4/c1-4-15-10(12)11(3,13)8(2)9-5-6-14-7-9/h8-9,13H,4-7H2,1-3H3. The molecule has 4 heteroatoms. The molecule has 3 unspecified atom stereocenters. The minimum atomic E-state index is -1.41. The van der Waals surface area contributed by atoms with E-state index in [0.717, 1.165) is 6.42 Å². The number of carbonyl (C=O) groups is 1. The van der Waals surface area contributed by atoms with E-state index in [0.29, 0.717) is 19.8 Å². The van der Waals surface area contributed by atoms with Crippen LogP contribution in [0.2, 0.25) is 0 Å². The lowest BCUT2D eigenvalue weighted by atomic mass is 9.80. The smallest absolute Gasteiger partial charge is 0.338 e. The molecule has 1 aliphatic rings. The molecule has 0 spiro atoms. The first-order valence-electron chi connectivity index (χ1n) is 5.47. The summed E-state index contributed by atoms with van der Waals surface area (Å²) >= 11 is 0. The predicted octanol–water partition coefficient (Wildman–Crippen LogP) is 0.973. The molecule has 88 valence electrons. The maximum absolute atomic E-state index is 11.5. The van der Waals surface area contributed by atoms with Crippen molar-refractivity contribution >= 4 is 5.97 Å². The van der Waals surface area contributed by atoms with Crippen LogP contribution >= 0.6 is 0 Å². The topological polar surface area (TPSA) is 55.8 Å². The molecule has 0 aliphatic carbocycles. The van der Waals surface area contributed by atoms with E-state index in [1.807, 2.05) is 6.92 Å². The first kappa shape index (κ1) is 12.5. The van der Waals surface area contributed by atoms with Crippen LogP contribution in [-0.4, -0.2) is 36.5 Å². The van der Waals surface area contributed by atoms with E-state index < -0.39 is 11.6 Å². The molecule has 0 radical (unpaired) electrons. The van der Waals surface area contributed by atoms with Gasteiger partial charge in [-0.1, -0.05) is 6.92 Å². The summed E-state index contributed by atoms with van der Waals surface area (Å²) in [4.78, 5) is 11.5. The highest BCUT2D eigenvalue weighted by atomic mass is 16.5. The number of ether oxygens (including phenoxy) is 2. The zero-order valence-electron chi connectivity index (χ0n) is 9.66. The van der Waals surface area contributed by atoms with Gasteiger partial charge >= 0.3 is 5.97 Å². The van der Waals surface area contributed by atoms with Crippen LogP contribution in [0.5, 0.6) is 0 Å². The van der Waals surface area contributed by atoms with Crippen LogP contribution < -0.4 is 0 Å². The molecule has 0 aromatic heterocycles. The molecular formula is C11H20O4. The first-order chi connectivity index (χ1) is 7.00. The highest BCUT2D eigenvalue weighted by Crippen LogP contribution is 2.31. The maximum atomic E-state index is 11.5. The molecule has 0 bridgehead atoms. The molecule has 1 fully saturated rings. The molecular weight excluding hydrogens is 196 g/mol. The Balaban J connectivity index is 2.62. The molecule has 1 saturated heterocycles. The van der Waals surface area contributed by atoms with Gasteiger partial charge in [0.1, 0.15) is 0 Å². The van der Waals surface area contributed by atoms with E-state index in [4.69, 9.17) is 9.47 Å². The fourth-order valence-electron chi connectivity index (χ4n) is 1.87. The Bertz CT molecular complexity index is 219. The van der Waals surface area contributed by atoms with Gasteiger partial charge in [-0.25, -0.2) is 4.79 Å². The fraction of sp³-hybridized carbons (Fsp3) is 0.909. The third-order valence-corrected chi connectivity index (χ3v) is 3.25. The number of rotatable bonds is 4. The van der Waals surface area contributed by atoms with Gasteiger partial charge in [0.25, 0.3) is 0 Å². The lowest BCUT2D eigenvalue weighted by Crippen LogP contribution is -2.46. The summed E-state index contributed by atoms with van der Waals surface area (Å²) < 4.78 is 10.1. The van der Waals surface area contributed by atoms with Crippen LogP contribution in [-0.2, 0) is 14.3 Å². The van der Waals surface area contributed by atoms with Gasteiger partial charge in [-0.3, -0.25) is 0 Å². The van der Waals surface area contributed by atoms with Gasteiger partial charge in [0, 0.05) is 19.1 Å². The van der Waals surface area contributed by atoms with Crippen molar-refractivity contribution in [3.05, 3.63) is 0 Å². The summed E-state index contributed by atoms with van der Waals surface area (Å²) in [7, 11) is 0. The van der Waals surface area contributed by atoms with Gasteiger partial charge in [-0.15, -0.1) is 0 Å². The van der Waals surface area contributed by atoms with Crippen molar-refractivity contribution in [2.45, 2.75) is 32.8 Å². The summed E-state index contributed by atoms with van der Waals surface area (Å²) in [5, 5.41) is 10.1. The summed E-state index contributed by atoms with van der Waals surface area (Å²) in [5.74, 6) is -0.437. The molecule has 0 amide bonds. The molecule has 1 N–H and O–H groups in total. The normalized spacial score (nSPS) is 27.1. The average molecular weight is 216 g/mol. The van der Waals surface area contributed by atoms with Crippen molar-refractivity contribution in [1.82, 2.24) is 0 Å². The van der Waals surface area contributed by atoms with Gasteiger partial charge in [-0.2, -0.15) is 0 Å². The molecule has 3 atom stereocenters. The predicted molar refractivity (Wildman–Crippen MR) is 55.3 cm³/mol. The van der Waals surface area contributed by atoms with Gasteiger partial charge in [0.15, 0.2) is 5.60 Å². The van der Waals surface area contributed by atoms with Gasteiger partial charge < -0.3 is 14.6 Å². The van der Waals surface area contributed by atoms with Crippen molar-refractivity contribution in [1.29, 1.82) is 0 Å². The summed E-state index contributed by atoms with van der Waals surface area (Å²) in [5.41, 5.74) is -1.41. The van der Waals surface area contributed by atoms with Gasteiger partial charge in [0.05, 0.1) is 6.61 Å². The largest absolute Gasteiger partial charge is 0.464 e. The Labute approximate surface area is 90.6 Å². The molecule has 0 saturated carbocycles. The van der Waals surface area contributed by atoms with E-state index in [-0.39, 0.29) is 11.8 Å². The SMILES string of the molecule is CCOC(=O)C(C)(O)C(C)C1CCOC1. The van der Waals surface area contributed by atoms with E-state index in [1.54, 1.807) is 6.92 Å². The van der Waals surface area contributed by atoms with Crippen LogP contribution in [0.4, 0.5) is 0 Å². The Morgan fingerprint density at radius 1 is 1.73 bits per heavy atom. The Morgan fingerprint density at radius 2 is 2.40 bits per heavy atom. The third-order valence-electron chi connectivity index (χ3n) is 3.25. The van der Waals surface area contributed by atoms with E-state index in [9.17, 15) is 9.90 Å². The monoisotopic (exact) mass is 216 g/mol. The molecule has 0 aromatic rings.